The molecule has 7 heteroatoms. The lowest BCUT2D eigenvalue weighted by Gasteiger charge is -2.38. The second-order valence-corrected chi connectivity index (χ2v) is 11.2. The number of nitrogens with zero attached hydrogens (tertiary/aromatic N) is 5. The first kappa shape index (κ1) is 24.2. The van der Waals surface area contributed by atoms with Crippen LogP contribution in [0.1, 0.15) is 106 Å². The summed E-state index contributed by atoms with van der Waals surface area (Å²) >= 11 is 0. The van der Waals surface area contributed by atoms with Gasteiger partial charge >= 0.3 is 0 Å². The summed E-state index contributed by atoms with van der Waals surface area (Å²) in [6.07, 6.45) is 10.9. The summed E-state index contributed by atoms with van der Waals surface area (Å²) in [7, 11) is 0. The number of rotatable bonds is 7. The Kier molecular flexibility index (Phi) is 7.05. The molecule has 0 spiro atoms. The molecule has 2 heterocycles. The highest BCUT2D eigenvalue weighted by atomic mass is 16.1. The molecule has 0 bridgehead atoms. The zero-order valence-corrected chi connectivity index (χ0v) is 21.8. The molecular formula is C28H40N6O. The molecular weight excluding hydrogens is 436 g/mol. The van der Waals surface area contributed by atoms with Gasteiger partial charge in [0.1, 0.15) is 0 Å². The smallest absolute Gasteiger partial charge is 0.252 e. The third-order valence-electron chi connectivity index (χ3n) is 8.47. The summed E-state index contributed by atoms with van der Waals surface area (Å²) in [4.78, 5) is 19.1. The molecule has 2 fully saturated rings. The van der Waals surface area contributed by atoms with Crippen molar-refractivity contribution >= 4 is 10.9 Å². The predicted octanol–water partition coefficient (Wildman–Crippen LogP) is 5.78. The second kappa shape index (κ2) is 10.2. The minimum atomic E-state index is 0.0172. The maximum atomic E-state index is 13.3. The van der Waals surface area contributed by atoms with Gasteiger partial charge < -0.3 is 4.98 Å². The molecule has 0 amide bonds. The molecule has 188 valence electrons. The van der Waals surface area contributed by atoms with E-state index in [0.717, 1.165) is 53.5 Å². The first-order valence-corrected chi connectivity index (χ1v) is 13.6. The van der Waals surface area contributed by atoms with E-state index in [1.165, 1.54) is 37.7 Å². The number of H-pyrrole nitrogens is 1. The van der Waals surface area contributed by atoms with Crippen LogP contribution in [0.5, 0.6) is 0 Å². The summed E-state index contributed by atoms with van der Waals surface area (Å²) in [5.41, 5.74) is 4.14. The van der Waals surface area contributed by atoms with Crippen LogP contribution in [0.4, 0.5) is 0 Å². The van der Waals surface area contributed by atoms with Crippen molar-refractivity contribution in [3.8, 4) is 0 Å². The number of hydrogen-bond acceptors (Lipinski definition) is 5. The van der Waals surface area contributed by atoms with Crippen LogP contribution in [0.25, 0.3) is 10.9 Å². The average molecular weight is 477 g/mol. The zero-order chi connectivity index (χ0) is 24.5. The van der Waals surface area contributed by atoms with Gasteiger partial charge in [-0.15, -0.1) is 5.10 Å². The van der Waals surface area contributed by atoms with Crippen LogP contribution in [0, 0.1) is 19.8 Å². The number of aromatic amines is 1. The van der Waals surface area contributed by atoms with E-state index in [4.69, 9.17) is 0 Å². The molecule has 5 rings (SSSR count). The molecule has 2 aliphatic rings. The molecule has 0 aliphatic heterocycles. The number of hydrogen-bond donors (Lipinski definition) is 1. The Labute approximate surface area is 208 Å². The molecule has 1 atom stereocenters. The van der Waals surface area contributed by atoms with Crippen molar-refractivity contribution < 1.29 is 0 Å². The summed E-state index contributed by atoms with van der Waals surface area (Å²) < 4.78 is 2.13. The molecule has 2 aromatic heterocycles. The molecule has 3 aromatic rings. The van der Waals surface area contributed by atoms with Crippen molar-refractivity contribution in [2.24, 2.45) is 5.92 Å². The fourth-order valence-electron chi connectivity index (χ4n) is 6.39. The van der Waals surface area contributed by atoms with Gasteiger partial charge in [0.15, 0.2) is 5.82 Å². The number of fused-ring (bicyclic) bond motifs is 1. The molecule has 0 saturated heterocycles. The van der Waals surface area contributed by atoms with Crippen molar-refractivity contribution in [3.63, 3.8) is 0 Å². The van der Waals surface area contributed by atoms with E-state index in [1.54, 1.807) is 0 Å². The molecule has 35 heavy (non-hydrogen) atoms. The van der Waals surface area contributed by atoms with Crippen molar-refractivity contribution in [3.05, 3.63) is 51.1 Å². The van der Waals surface area contributed by atoms with Gasteiger partial charge in [0.2, 0.25) is 0 Å². The SMILES string of the molecule is Cc1ccc2cc(CN(C3CCCC3)C(c3nnnn3C3CCCCC3)C(C)C)c(=O)[nH]c2c1C. The summed E-state index contributed by atoms with van der Waals surface area (Å²) in [6, 6.07) is 7.27. The van der Waals surface area contributed by atoms with Gasteiger partial charge in [0.05, 0.1) is 17.6 Å². The third kappa shape index (κ3) is 4.80. The quantitative estimate of drug-likeness (QED) is 0.468. The molecule has 7 nitrogen and oxygen atoms in total. The average Bonchev–Trinajstić information content (AvgIpc) is 3.55. The van der Waals surface area contributed by atoms with Gasteiger partial charge in [-0.2, -0.15) is 0 Å². The minimum absolute atomic E-state index is 0.0172. The number of nitrogens with one attached hydrogen (secondary N) is 1. The maximum Gasteiger partial charge on any atom is 0.252 e. The topological polar surface area (TPSA) is 79.7 Å². The standard InChI is InChI=1S/C28H40N6O/c1-18(2)26(27-30-31-32-34(27)24-12-6-5-7-13-24)33(23-10-8-9-11-23)17-22-16-21-15-14-19(3)20(4)25(21)29-28(22)35/h14-16,18,23-24,26H,5-13,17H2,1-4H3,(H,29,35). The maximum absolute atomic E-state index is 13.3. The van der Waals surface area contributed by atoms with Gasteiger partial charge in [0, 0.05) is 18.2 Å². The number of benzene rings is 1. The lowest BCUT2D eigenvalue weighted by Crippen LogP contribution is -2.41. The molecule has 0 radical (unpaired) electrons. The summed E-state index contributed by atoms with van der Waals surface area (Å²) in [6.45, 7) is 9.32. The summed E-state index contributed by atoms with van der Waals surface area (Å²) in [5, 5.41) is 14.4. The van der Waals surface area contributed by atoms with Crippen LogP contribution in [0.3, 0.4) is 0 Å². The van der Waals surface area contributed by atoms with Crippen molar-refractivity contribution in [1.82, 2.24) is 30.1 Å². The largest absolute Gasteiger partial charge is 0.321 e. The molecule has 1 unspecified atom stereocenters. The van der Waals surface area contributed by atoms with Gasteiger partial charge in [-0.05, 0) is 78.5 Å². The van der Waals surface area contributed by atoms with E-state index < -0.39 is 0 Å². The Morgan fingerprint density at radius 3 is 2.49 bits per heavy atom. The summed E-state index contributed by atoms with van der Waals surface area (Å²) in [5.74, 6) is 1.30. The van der Waals surface area contributed by atoms with E-state index in [9.17, 15) is 4.79 Å². The van der Waals surface area contributed by atoms with E-state index >= 15 is 0 Å². The highest BCUT2D eigenvalue weighted by Crippen LogP contribution is 2.38. The molecule has 1 aromatic carbocycles. The number of pyridine rings is 1. The Balaban J connectivity index is 1.54. The van der Waals surface area contributed by atoms with Crippen LogP contribution in [-0.2, 0) is 6.54 Å². The Morgan fingerprint density at radius 2 is 1.77 bits per heavy atom. The lowest BCUT2D eigenvalue weighted by atomic mass is 9.94. The van der Waals surface area contributed by atoms with Crippen LogP contribution in [0.15, 0.2) is 23.0 Å². The van der Waals surface area contributed by atoms with Gasteiger partial charge in [-0.1, -0.05) is 58.1 Å². The van der Waals surface area contributed by atoms with Crippen molar-refractivity contribution in [2.45, 2.75) is 110 Å². The fraction of sp³-hybridized carbons (Fsp3) is 0.643. The first-order chi connectivity index (χ1) is 16.9. The molecule has 1 N–H and O–H groups in total. The highest BCUT2D eigenvalue weighted by Gasteiger charge is 2.36. The van der Waals surface area contributed by atoms with E-state index in [2.05, 4.69) is 76.0 Å². The Bertz CT molecular complexity index is 1220. The minimum Gasteiger partial charge on any atom is -0.321 e. The number of aromatic nitrogens is 5. The number of tetrazole rings is 1. The second-order valence-electron chi connectivity index (χ2n) is 11.2. The van der Waals surface area contributed by atoms with Gasteiger partial charge in [0.25, 0.3) is 5.56 Å². The Morgan fingerprint density at radius 1 is 1.06 bits per heavy atom. The van der Waals surface area contributed by atoms with Crippen LogP contribution in [0.2, 0.25) is 0 Å². The highest BCUT2D eigenvalue weighted by molar-refractivity contribution is 5.83. The normalized spacial score (nSPS) is 18.8. The van der Waals surface area contributed by atoms with Gasteiger partial charge in [-0.25, -0.2) is 4.68 Å². The molecule has 2 aliphatic carbocycles. The first-order valence-electron chi connectivity index (χ1n) is 13.6. The van der Waals surface area contributed by atoms with E-state index in [1.807, 2.05) is 0 Å². The van der Waals surface area contributed by atoms with E-state index in [-0.39, 0.29) is 11.6 Å². The fourth-order valence-corrected chi connectivity index (χ4v) is 6.39. The monoisotopic (exact) mass is 476 g/mol. The van der Waals surface area contributed by atoms with Crippen LogP contribution < -0.4 is 5.56 Å². The number of aryl methyl sites for hydroxylation is 2. The lowest BCUT2D eigenvalue weighted by molar-refractivity contribution is 0.0815. The third-order valence-corrected chi connectivity index (χ3v) is 8.47. The van der Waals surface area contributed by atoms with Gasteiger partial charge in [-0.3, -0.25) is 9.69 Å². The zero-order valence-electron chi connectivity index (χ0n) is 21.8. The van der Waals surface area contributed by atoms with Crippen molar-refractivity contribution in [2.75, 3.05) is 0 Å². The van der Waals surface area contributed by atoms with Crippen LogP contribution in [-0.4, -0.2) is 36.1 Å². The van der Waals surface area contributed by atoms with Crippen LogP contribution >= 0.6 is 0 Å². The Hall–Kier alpha value is -2.54. The van der Waals surface area contributed by atoms with Crippen molar-refractivity contribution in [1.29, 1.82) is 0 Å². The predicted molar refractivity (Wildman–Crippen MR) is 139 cm³/mol. The van der Waals surface area contributed by atoms with E-state index in [0.29, 0.717) is 24.5 Å². The molecule has 2 saturated carbocycles.